The summed E-state index contributed by atoms with van der Waals surface area (Å²) in [6.45, 7) is 0. The molecule has 0 atom stereocenters. The van der Waals surface area contributed by atoms with Crippen molar-refractivity contribution in [2.75, 3.05) is 0 Å². The molecule has 0 aliphatic rings. The Bertz CT molecular complexity index is 36.6. The molecule has 0 aliphatic heterocycles. The Hall–Kier alpha value is -0.0800. The number of rotatable bonds is 1. The molecule has 0 bridgehead atoms. The summed E-state index contributed by atoms with van der Waals surface area (Å²) in [7, 11) is 0. The molecule has 0 rings (SSSR count). The van der Waals surface area contributed by atoms with Crippen molar-refractivity contribution in [3.05, 3.63) is 5.50 Å². The number of halogens is 1. The van der Waals surface area contributed by atoms with Crippen LogP contribution in [0.2, 0.25) is 0 Å². The molecule has 0 heterocycles. The van der Waals surface area contributed by atoms with E-state index < -0.39 is 0 Å². The Morgan fingerprint density at radius 2 is 2.20 bits per heavy atom. The van der Waals surface area contributed by atoms with Crippen molar-refractivity contribution in [2.45, 2.75) is 0 Å². The van der Waals surface area contributed by atoms with Gasteiger partial charge in [-0.3, -0.25) is 4.79 Å². The first-order valence-electron chi connectivity index (χ1n) is 1.00. The lowest BCUT2D eigenvalue weighted by molar-refractivity contribution is -0.105. The zero-order chi connectivity index (χ0) is 4.28. The van der Waals surface area contributed by atoms with Gasteiger partial charge in [0.05, 0.1) is 0 Å². The van der Waals surface area contributed by atoms with Crippen LogP contribution in [0.3, 0.4) is 0 Å². The summed E-state index contributed by atoms with van der Waals surface area (Å²) in [6.07, 6.45) is 0.377. The number of hydrogen-bond donors (Lipinski definition) is 1. The first-order chi connectivity index (χ1) is 2.27. The van der Waals surface area contributed by atoms with Crippen LogP contribution in [0.4, 0.5) is 0 Å². The van der Waals surface area contributed by atoms with Gasteiger partial charge in [0.1, 0.15) is 0 Å². The van der Waals surface area contributed by atoms with E-state index in [1.165, 1.54) is 0 Å². The van der Waals surface area contributed by atoms with Crippen molar-refractivity contribution in [1.82, 2.24) is 0 Å². The van der Waals surface area contributed by atoms with Gasteiger partial charge in [0.25, 0.3) is 0 Å². The first-order valence-corrected chi connectivity index (χ1v) is 1.38. The fourth-order valence-corrected chi connectivity index (χ4v) is 0. The van der Waals surface area contributed by atoms with Crippen molar-refractivity contribution >= 4 is 17.9 Å². The molecule has 0 amide bonds. The molecule has 1 radical (unpaired) electrons. The highest BCUT2D eigenvalue weighted by Gasteiger charge is 1.85. The predicted octanol–water partition coefficient (Wildman–Crippen LogP) is -0.128. The van der Waals surface area contributed by atoms with Crippen molar-refractivity contribution in [1.29, 1.82) is 0 Å². The minimum absolute atomic E-state index is 0.204. The Morgan fingerprint density at radius 3 is 2.20 bits per heavy atom. The third kappa shape index (κ3) is 3.92. The van der Waals surface area contributed by atoms with Gasteiger partial charge in [-0.15, -0.1) is 0 Å². The summed E-state index contributed by atoms with van der Waals surface area (Å²) in [5.74, 6) is 0. The van der Waals surface area contributed by atoms with Gasteiger partial charge in [-0.1, -0.05) is 11.6 Å². The molecule has 0 fully saturated rings. The summed E-state index contributed by atoms with van der Waals surface area (Å²) in [5.41, 5.74) is 4.40. The van der Waals surface area contributed by atoms with Gasteiger partial charge < -0.3 is 5.73 Å². The summed E-state index contributed by atoms with van der Waals surface area (Å²) < 4.78 is 0. The van der Waals surface area contributed by atoms with Gasteiger partial charge in [0.15, 0.2) is 11.8 Å². The molecule has 0 saturated carbocycles. The van der Waals surface area contributed by atoms with E-state index in [-0.39, 0.29) is 5.50 Å². The lowest BCUT2D eigenvalue weighted by Crippen LogP contribution is -2.00. The Kier molecular flexibility index (Phi) is 2.14. The third-order valence-corrected chi connectivity index (χ3v) is 0.202. The third-order valence-electron chi connectivity index (χ3n) is 0.113. The molecule has 3 heteroatoms. The Labute approximate surface area is 34.9 Å². The molecular formula is C2H3ClNO. The lowest BCUT2D eigenvalue weighted by Gasteiger charge is -1.75. The van der Waals surface area contributed by atoms with Gasteiger partial charge in [0.2, 0.25) is 0 Å². The van der Waals surface area contributed by atoms with Gasteiger partial charge >= 0.3 is 0 Å². The number of carbonyl (C=O) groups excluding carboxylic acids is 1. The molecule has 5 heavy (non-hydrogen) atoms. The summed E-state index contributed by atoms with van der Waals surface area (Å²) in [5, 5.41) is 0. The molecule has 2 nitrogen and oxygen atoms in total. The predicted molar refractivity (Wildman–Crippen MR) is 19.3 cm³/mol. The zero-order valence-corrected chi connectivity index (χ0v) is 3.20. The number of nitrogens with two attached hydrogens (primary N) is 1. The molecule has 0 aromatic heterocycles. The maximum atomic E-state index is 9.21. The average Bonchev–Trinajstić information content (AvgIpc) is 1.38. The van der Waals surface area contributed by atoms with Crippen LogP contribution in [-0.4, -0.2) is 6.29 Å². The van der Waals surface area contributed by atoms with Gasteiger partial charge in [-0.05, 0) is 0 Å². The van der Waals surface area contributed by atoms with E-state index in [1.54, 1.807) is 0 Å². The highest BCUT2D eigenvalue weighted by Crippen LogP contribution is 1.84. The van der Waals surface area contributed by atoms with Crippen molar-refractivity contribution in [2.24, 2.45) is 5.73 Å². The first kappa shape index (κ1) is 4.92. The summed E-state index contributed by atoms with van der Waals surface area (Å²) in [4.78, 5) is 9.21. The van der Waals surface area contributed by atoms with Crippen LogP contribution in [0.5, 0.6) is 0 Å². The average molecular weight is 92.5 g/mol. The fraction of sp³-hybridized carbons (Fsp3) is 0. The van der Waals surface area contributed by atoms with Crippen molar-refractivity contribution in [3.8, 4) is 0 Å². The molecule has 0 spiro atoms. The van der Waals surface area contributed by atoms with Gasteiger partial charge in [-0.2, -0.15) is 0 Å². The van der Waals surface area contributed by atoms with E-state index in [2.05, 4.69) is 5.73 Å². The Balaban J connectivity index is 2.83. The van der Waals surface area contributed by atoms with Crippen LogP contribution < -0.4 is 5.73 Å². The minimum atomic E-state index is -0.204. The SMILES string of the molecule is N[C](Cl)C=O. The fourth-order valence-electron chi connectivity index (χ4n) is 0. The van der Waals surface area contributed by atoms with E-state index in [0.29, 0.717) is 6.29 Å². The standard InChI is InChI=1S/C2H3ClNO/c3-2(4)1-5/h1H,4H2. The lowest BCUT2D eigenvalue weighted by atomic mass is 10.8. The smallest absolute Gasteiger partial charge is 0.186 e. The van der Waals surface area contributed by atoms with Gasteiger partial charge in [0, 0.05) is 0 Å². The van der Waals surface area contributed by atoms with Crippen LogP contribution in [0.1, 0.15) is 0 Å². The van der Waals surface area contributed by atoms with Crippen LogP contribution >= 0.6 is 11.6 Å². The normalized spacial score (nSPS) is 8.60. The molecule has 0 aromatic carbocycles. The number of hydrogen-bond acceptors (Lipinski definition) is 2. The molecular weight excluding hydrogens is 89.5 g/mol. The van der Waals surface area contributed by atoms with E-state index in [9.17, 15) is 4.79 Å². The van der Waals surface area contributed by atoms with Crippen LogP contribution in [-0.2, 0) is 4.79 Å². The minimum Gasteiger partial charge on any atom is -0.304 e. The number of aldehydes is 1. The van der Waals surface area contributed by atoms with Crippen LogP contribution in [0.15, 0.2) is 0 Å². The van der Waals surface area contributed by atoms with E-state index in [1.807, 2.05) is 0 Å². The molecule has 2 N–H and O–H groups in total. The summed E-state index contributed by atoms with van der Waals surface area (Å²) >= 11 is 4.79. The van der Waals surface area contributed by atoms with E-state index in [0.717, 1.165) is 0 Å². The topological polar surface area (TPSA) is 43.1 Å². The zero-order valence-electron chi connectivity index (χ0n) is 2.44. The quantitative estimate of drug-likeness (QED) is 0.362. The van der Waals surface area contributed by atoms with E-state index in [4.69, 9.17) is 11.6 Å². The van der Waals surface area contributed by atoms with Crippen molar-refractivity contribution < 1.29 is 4.79 Å². The Morgan fingerprint density at radius 1 is 2.00 bits per heavy atom. The monoisotopic (exact) mass is 92.0 g/mol. The second-order valence-electron chi connectivity index (χ2n) is 0.503. The van der Waals surface area contributed by atoms with Gasteiger partial charge in [-0.25, -0.2) is 0 Å². The van der Waals surface area contributed by atoms with Crippen LogP contribution in [0, 0.1) is 5.50 Å². The second kappa shape index (κ2) is 2.18. The number of carbonyl (C=O) groups is 1. The highest BCUT2D eigenvalue weighted by atomic mass is 35.5. The molecule has 0 aliphatic carbocycles. The molecule has 0 aromatic rings. The molecule has 0 unspecified atom stereocenters. The maximum Gasteiger partial charge on any atom is 0.186 e. The molecule has 0 saturated heterocycles. The van der Waals surface area contributed by atoms with Crippen molar-refractivity contribution in [3.63, 3.8) is 0 Å². The molecule has 29 valence electrons. The largest absolute Gasteiger partial charge is 0.304 e. The second-order valence-corrected chi connectivity index (χ2v) is 0.939. The highest BCUT2D eigenvalue weighted by molar-refractivity contribution is 6.34. The van der Waals surface area contributed by atoms with E-state index >= 15 is 0 Å². The summed E-state index contributed by atoms with van der Waals surface area (Å²) in [6, 6.07) is 0. The van der Waals surface area contributed by atoms with Crippen LogP contribution in [0.25, 0.3) is 0 Å². The maximum absolute atomic E-state index is 9.21.